The van der Waals surface area contributed by atoms with Gasteiger partial charge in [0.05, 0.1) is 15.9 Å². The highest BCUT2D eigenvalue weighted by Crippen LogP contribution is 2.14. The van der Waals surface area contributed by atoms with Crippen molar-refractivity contribution in [3.8, 4) is 0 Å². The van der Waals surface area contributed by atoms with Gasteiger partial charge >= 0.3 is 5.69 Å². The summed E-state index contributed by atoms with van der Waals surface area (Å²) in [6.07, 6.45) is 0.709. The van der Waals surface area contributed by atoms with Crippen molar-refractivity contribution in [2.75, 3.05) is 13.1 Å². The van der Waals surface area contributed by atoms with Gasteiger partial charge in [-0.1, -0.05) is 13.8 Å². The van der Waals surface area contributed by atoms with Gasteiger partial charge in [-0.25, -0.2) is 17.9 Å². The van der Waals surface area contributed by atoms with E-state index in [9.17, 15) is 13.2 Å². The topological polar surface area (TPSA) is 107 Å². The quantitative estimate of drug-likeness (QED) is 0.559. The molecule has 1 aromatic carbocycles. The molecule has 0 saturated carbocycles. The van der Waals surface area contributed by atoms with Gasteiger partial charge in [0.2, 0.25) is 10.0 Å². The van der Waals surface area contributed by atoms with Crippen LogP contribution in [-0.4, -0.2) is 37.5 Å². The molecular formula is C13H20N4O3S. The molecule has 1 heterocycles. The maximum absolute atomic E-state index is 12.1. The van der Waals surface area contributed by atoms with Crippen LogP contribution in [-0.2, 0) is 10.0 Å². The number of hydrogen-bond acceptors (Lipinski definition) is 4. The Morgan fingerprint density at radius 1 is 1.14 bits per heavy atom. The molecule has 7 nitrogen and oxygen atoms in total. The summed E-state index contributed by atoms with van der Waals surface area (Å²) in [4.78, 5) is 16.4. The minimum atomic E-state index is -3.56. The Balaban J connectivity index is 2.02. The highest BCUT2D eigenvalue weighted by atomic mass is 32.2. The third-order valence-electron chi connectivity index (χ3n) is 3.00. The maximum atomic E-state index is 12.1. The molecule has 21 heavy (non-hydrogen) atoms. The lowest BCUT2D eigenvalue weighted by molar-refractivity contribution is 0.554. The first kappa shape index (κ1) is 15.7. The van der Waals surface area contributed by atoms with Crippen molar-refractivity contribution in [2.24, 2.45) is 0 Å². The van der Waals surface area contributed by atoms with Crippen molar-refractivity contribution in [1.29, 1.82) is 0 Å². The van der Waals surface area contributed by atoms with Crippen molar-refractivity contribution < 1.29 is 8.42 Å². The van der Waals surface area contributed by atoms with E-state index in [1.807, 2.05) is 13.8 Å². The van der Waals surface area contributed by atoms with Gasteiger partial charge in [-0.05, 0) is 31.2 Å². The number of aromatic nitrogens is 2. The fraction of sp³-hybridized carbons (Fsp3) is 0.462. The lowest BCUT2D eigenvalue weighted by Crippen LogP contribution is -2.29. The molecule has 0 unspecified atom stereocenters. The van der Waals surface area contributed by atoms with Crippen LogP contribution in [0.1, 0.15) is 20.3 Å². The zero-order valence-electron chi connectivity index (χ0n) is 12.1. The Morgan fingerprint density at radius 2 is 1.86 bits per heavy atom. The van der Waals surface area contributed by atoms with E-state index in [4.69, 9.17) is 0 Å². The molecule has 4 N–H and O–H groups in total. The second-order valence-corrected chi connectivity index (χ2v) is 6.91. The molecule has 0 aliphatic carbocycles. The Morgan fingerprint density at radius 3 is 2.57 bits per heavy atom. The Hall–Kier alpha value is -1.64. The molecule has 0 fully saturated rings. The van der Waals surface area contributed by atoms with Crippen molar-refractivity contribution in [2.45, 2.75) is 31.2 Å². The lowest BCUT2D eigenvalue weighted by Gasteiger charge is -2.09. The summed E-state index contributed by atoms with van der Waals surface area (Å²) in [6, 6.07) is 4.87. The molecule has 0 bridgehead atoms. The fourth-order valence-corrected chi connectivity index (χ4v) is 3.05. The van der Waals surface area contributed by atoms with E-state index in [2.05, 4.69) is 20.0 Å². The van der Waals surface area contributed by atoms with Crippen LogP contribution in [0.5, 0.6) is 0 Å². The first-order valence-corrected chi connectivity index (χ1v) is 8.32. The van der Waals surface area contributed by atoms with Crippen molar-refractivity contribution in [3.05, 3.63) is 28.7 Å². The number of H-pyrrole nitrogens is 2. The summed E-state index contributed by atoms with van der Waals surface area (Å²) >= 11 is 0. The minimum Gasteiger partial charge on any atom is -0.314 e. The van der Waals surface area contributed by atoms with Gasteiger partial charge in [0, 0.05) is 12.6 Å². The Labute approximate surface area is 123 Å². The number of rotatable bonds is 7. The number of fused-ring (bicyclic) bond motifs is 1. The number of benzene rings is 1. The van der Waals surface area contributed by atoms with Crippen LogP contribution in [0.25, 0.3) is 11.0 Å². The van der Waals surface area contributed by atoms with Crippen LogP contribution in [0.2, 0.25) is 0 Å². The molecule has 0 aliphatic rings. The second kappa shape index (κ2) is 6.42. The maximum Gasteiger partial charge on any atom is 0.323 e. The van der Waals surface area contributed by atoms with Crippen LogP contribution < -0.4 is 15.7 Å². The predicted octanol–water partition coefficient (Wildman–Crippen LogP) is 0.523. The monoisotopic (exact) mass is 312 g/mol. The molecule has 8 heteroatoms. The van der Waals surface area contributed by atoms with E-state index >= 15 is 0 Å². The Kier molecular flexibility index (Phi) is 4.81. The van der Waals surface area contributed by atoms with E-state index in [1.54, 1.807) is 6.07 Å². The molecule has 0 spiro atoms. The van der Waals surface area contributed by atoms with Crippen molar-refractivity contribution in [3.63, 3.8) is 0 Å². The third-order valence-corrected chi connectivity index (χ3v) is 4.45. The first-order chi connectivity index (χ1) is 9.88. The zero-order chi connectivity index (χ0) is 15.5. The molecule has 1 aromatic heterocycles. The van der Waals surface area contributed by atoms with Crippen LogP contribution in [0, 0.1) is 0 Å². The first-order valence-electron chi connectivity index (χ1n) is 6.83. The summed E-state index contributed by atoms with van der Waals surface area (Å²) in [5.74, 6) is 0. The summed E-state index contributed by atoms with van der Waals surface area (Å²) in [5, 5.41) is 3.22. The summed E-state index contributed by atoms with van der Waals surface area (Å²) < 4.78 is 26.8. The van der Waals surface area contributed by atoms with Gasteiger partial charge in [0.15, 0.2) is 0 Å². The van der Waals surface area contributed by atoms with E-state index in [1.165, 1.54) is 12.1 Å². The van der Waals surface area contributed by atoms with Gasteiger partial charge in [-0.15, -0.1) is 0 Å². The number of sulfonamides is 1. The van der Waals surface area contributed by atoms with Crippen LogP contribution in [0.4, 0.5) is 0 Å². The van der Waals surface area contributed by atoms with Gasteiger partial charge in [-0.2, -0.15) is 0 Å². The summed E-state index contributed by atoms with van der Waals surface area (Å²) in [5.41, 5.74) is 0.705. The number of nitrogens with one attached hydrogen (secondary N) is 4. The van der Waals surface area contributed by atoms with Gasteiger partial charge in [0.1, 0.15) is 0 Å². The molecule has 0 radical (unpaired) electrons. The van der Waals surface area contributed by atoms with Crippen LogP contribution in [0.3, 0.4) is 0 Å². The SMILES string of the molecule is CC(C)NCCCNS(=O)(=O)c1ccc2[nH]c(=O)[nH]c2c1. The second-order valence-electron chi connectivity index (χ2n) is 5.15. The number of aromatic amines is 2. The van der Waals surface area contributed by atoms with Gasteiger partial charge in [-0.3, -0.25) is 0 Å². The fourth-order valence-electron chi connectivity index (χ4n) is 1.95. The average molecular weight is 312 g/mol. The highest BCUT2D eigenvalue weighted by Gasteiger charge is 2.14. The molecule has 116 valence electrons. The molecule has 2 rings (SSSR count). The largest absolute Gasteiger partial charge is 0.323 e. The van der Waals surface area contributed by atoms with E-state index in [-0.39, 0.29) is 10.6 Å². The zero-order valence-corrected chi connectivity index (χ0v) is 12.9. The molecule has 0 atom stereocenters. The van der Waals surface area contributed by atoms with E-state index in [0.29, 0.717) is 30.0 Å². The van der Waals surface area contributed by atoms with Gasteiger partial charge in [0.25, 0.3) is 0 Å². The van der Waals surface area contributed by atoms with Gasteiger partial charge < -0.3 is 15.3 Å². The summed E-state index contributed by atoms with van der Waals surface area (Å²) in [6.45, 7) is 5.20. The molecule has 0 saturated heterocycles. The molecule has 0 amide bonds. The molecule has 2 aromatic rings. The highest BCUT2D eigenvalue weighted by molar-refractivity contribution is 7.89. The smallest absolute Gasteiger partial charge is 0.314 e. The molecule has 0 aliphatic heterocycles. The summed E-state index contributed by atoms with van der Waals surface area (Å²) in [7, 11) is -3.56. The Bertz CT molecular complexity index is 761. The predicted molar refractivity (Wildman–Crippen MR) is 81.9 cm³/mol. The van der Waals surface area contributed by atoms with E-state index < -0.39 is 10.0 Å². The van der Waals surface area contributed by atoms with Crippen LogP contribution in [0.15, 0.2) is 27.9 Å². The van der Waals surface area contributed by atoms with E-state index in [0.717, 1.165) is 6.54 Å². The van der Waals surface area contributed by atoms with Crippen molar-refractivity contribution >= 4 is 21.1 Å². The standard InChI is InChI=1S/C13H20N4O3S/c1-9(2)14-6-3-7-15-21(19,20)10-4-5-11-12(8-10)17-13(18)16-11/h4-5,8-9,14-15H,3,6-7H2,1-2H3,(H2,16,17,18). The van der Waals surface area contributed by atoms with Crippen molar-refractivity contribution in [1.82, 2.24) is 20.0 Å². The lowest BCUT2D eigenvalue weighted by atomic mass is 10.3. The number of hydrogen-bond donors (Lipinski definition) is 4. The third kappa shape index (κ3) is 4.16. The normalized spacial score (nSPS) is 12.3. The van der Waals surface area contributed by atoms with Crippen LogP contribution >= 0.6 is 0 Å². The average Bonchev–Trinajstić information content (AvgIpc) is 2.76. The number of imidazole rings is 1. The minimum absolute atomic E-state index is 0.141. The molecular weight excluding hydrogens is 292 g/mol.